The molecule has 4 fully saturated rings. The van der Waals surface area contributed by atoms with Gasteiger partial charge in [-0.25, -0.2) is 12.7 Å². The van der Waals surface area contributed by atoms with Gasteiger partial charge >= 0.3 is 7.12 Å². The summed E-state index contributed by atoms with van der Waals surface area (Å²) in [5, 5.41) is -0.531. The third-order valence-electron chi connectivity index (χ3n) is 5.21. The van der Waals surface area contributed by atoms with Crippen molar-refractivity contribution in [3.63, 3.8) is 0 Å². The van der Waals surface area contributed by atoms with Crippen LogP contribution in [0.15, 0.2) is 0 Å². The summed E-state index contributed by atoms with van der Waals surface area (Å²) in [5.41, 5.74) is -0.946. The minimum Gasteiger partial charge on any atom is -0.402 e. The molecule has 19 heavy (non-hydrogen) atoms. The molecule has 2 bridgehead atoms. The maximum Gasteiger partial charge on any atom is 0.478 e. The Labute approximate surface area is 115 Å². The number of nitrogens with zero attached hydrogens (tertiary/aromatic N) is 1. The van der Waals surface area contributed by atoms with Gasteiger partial charge in [-0.15, -0.1) is 0 Å². The van der Waals surface area contributed by atoms with Crippen molar-refractivity contribution in [3.05, 3.63) is 0 Å². The van der Waals surface area contributed by atoms with Crippen molar-refractivity contribution in [1.29, 1.82) is 0 Å². The highest BCUT2D eigenvalue weighted by atomic mass is 32.2. The zero-order chi connectivity index (χ0) is 14.1. The SMILES string of the molecule is CC1(C)OB(C2C3CCN(CC3)S2(=O)=O)OC1(C)C. The van der Waals surface area contributed by atoms with E-state index >= 15 is 0 Å². The van der Waals surface area contributed by atoms with E-state index in [-0.39, 0.29) is 5.92 Å². The first kappa shape index (κ1) is 13.9. The normalized spacial score (nSPS) is 42.5. The summed E-state index contributed by atoms with van der Waals surface area (Å²) < 4.78 is 38.6. The van der Waals surface area contributed by atoms with E-state index in [2.05, 4.69) is 0 Å². The number of hydrogen-bond acceptors (Lipinski definition) is 4. The van der Waals surface area contributed by atoms with Gasteiger partial charge in [0.15, 0.2) is 0 Å². The monoisotopic (exact) mass is 287 g/mol. The molecule has 1 atom stereocenters. The lowest BCUT2D eigenvalue weighted by Gasteiger charge is -2.44. The molecule has 0 aromatic rings. The number of rotatable bonds is 1. The highest BCUT2D eigenvalue weighted by Gasteiger charge is 2.61. The molecule has 7 heteroatoms. The van der Waals surface area contributed by atoms with Crippen LogP contribution >= 0.6 is 0 Å². The maximum atomic E-state index is 12.5. The highest BCUT2D eigenvalue weighted by Crippen LogP contribution is 2.44. The van der Waals surface area contributed by atoms with Crippen molar-refractivity contribution in [2.45, 2.75) is 56.9 Å². The first-order valence-corrected chi connectivity index (χ1v) is 8.50. The smallest absolute Gasteiger partial charge is 0.402 e. The molecule has 4 aliphatic heterocycles. The molecule has 4 rings (SSSR count). The second-order valence-corrected chi connectivity index (χ2v) is 8.96. The Bertz CT molecular complexity index is 466. The third kappa shape index (κ3) is 1.89. The second-order valence-electron chi connectivity index (χ2n) is 6.87. The van der Waals surface area contributed by atoms with Crippen molar-refractivity contribution in [2.24, 2.45) is 5.92 Å². The van der Waals surface area contributed by atoms with Crippen LogP contribution in [0.3, 0.4) is 0 Å². The number of sulfonamides is 1. The largest absolute Gasteiger partial charge is 0.478 e. The Hall–Kier alpha value is -0.105. The van der Waals surface area contributed by atoms with Gasteiger partial charge in [0.25, 0.3) is 0 Å². The van der Waals surface area contributed by atoms with E-state index in [1.165, 1.54) is 0 Å². The minimum atomic E-state index is -3.27. The summed E-state index contributed by atoms with van der Waals surface area (Å²) >= 11 is 0. The molecule has 0 aromatic heterocycles. The molecule has 0 aromatic carbocycles. The summed E-state index contributed by atoms with van der Waals surface area (Å²) in [6.07, 6.45) is 1.85. The van der Waals surface area contributed by atoms with Crippen LogP contribution in [-0.4, -0.2) is 49.3 Å². The molecule has 1 unspecified atom stereocenters. The molecule has 0 saturated carbocycles. The predicted molar refractivity (Wildman–Crippen MR) is 73.1 cm³/mol. The molecule has 0 radical (unpaired) electrons. The molecular formula is C12H22BNO4S. The lowest BCUT2D eigenvalue weighted by molar-refractivity contribution is 0.00578. The topological polar surface area (TPSA) is 55.8 Å². The molecule has 108 valence electrons. The summed E-state index contributed by atoms with van der Waals surface area (Å²) in [6.45, 7) is 9.15. The van der Waals surface area contributed by atoms with E-state index in [1.807, 2.05) is 27.7 Å². The van der Waals surface area contributed by atoms with Gasteiger partial charge < -0.3 is 9.31 Å². The van der Waals surface area contributed by atoms with Crippen LogP contribution in [0.1, 0.15) is 40.5 Å². The van der Waals surface area contributed by atoms with Crippen molar-refractivity contribution in [2.75, 3.05) is 13.1 Å². The summed E-state index contributed by atoms with van der Waals surface area (Å²) in [6, 6.07) is 0. The first-order chi connectivity index (χ1) is 8.65. The fraction of sp³-hybridized carbons (Fsp3) is 1.00. The third-order valence-corrected chi connectivity index (χ3v) is 7.59. The van der Waals surface area contributed by atoms with Gasteiger partial charge in [-0.05, 0) is 46.5 Å². The Morgan fingerprint density at radius 3 is 1.95 bits per heavy atom. The van der Waals surface area contributed by atoms with Crippen molar-refractivity contribution in [1.82, 2.24) is 4.31 Å². The Kier molecular flexibility index (Phi) is 2.89. The van der Waals surface area contributed by atoms with Crippen molar-refractivity contribution >= 4 is 17.1 Å². The molecule has 0 amide bonds. The van der Waals surface area contributed by atoms with Gasteiger partial charge in [-0.1, -0.05) is 0 Å². The first-order valence-electron chi connectivity index (χ1n) is 7.00. The van der Waals surface area contributed by atoms with E-state index < -0.39 is 33.5 Å². The van der Waals surface area contributed by atoms with Gasteiger partial charge in [-0.2, -0.15) is 0 Å². The maximum absolute atomic E-state index is 12.5. The molecule has 0 spiro atoms. The van der Waals surface area contributed by atoms with E-state index in [0.717, 1.165) is 12.8 Å². The molecule has 0 N–H and O–H groups in total. The molecule has 0 aliphatic carbocycles. The average molecular weight is 287 g/mol. The number of piperidine rings is 1. The van der Waals surface area contributed by atoms with E-state index in [9.17, 15) is 8.42 Å². The highest BCUT2D eigenvalue weighted by molar-refractivity contribution is 7.91. The second kappa shape index (κ2) is 3.96. The Morgan fingerprint density at radius 2 is 1.53 bits per heavy atom. The summed E-state index contributed by atoms with van der Waals surface area (Å²) in [7, 11) is -3.90. The standard InChI is InChI=1S/C12H22BNO4S/c1-11(2)12(3,4)18-13(17-11)10-9-5-7-14(8-6-9)19(10,15)16/h9-10H,5-8H2,1-4H3. The van der Waals surface area contributed by atoms with Gasteiger partial charge in [0, 0.05) is 13.1 Å². The zero-order valence-corrected chi connectivity index (χ0v) is 12.9. The van der Waals surface area contributed by atoms with Crippen LogP contribution in [-0.2, 0) is 19.3 Å². The Balaban J connectivity index is 1.92. The molecule has 4 aliphatic rings. The molecule has 4 heterocycles. The molecule has 5 nitrogen and oxygen atoms in total. The summed E-state index contributed by atoms with van der Waals surface area (Å²) in [4.78, 5) is 0. The van der Waals surface area contributed by atoms with Crippen LogP contribution in [0.5, 0.6) is 0 Å². The fourth-order valence-corrected chi connectivity index (χ4v) is 5.47. The fourth-order valence-electron chi connectivity index (χ4n) is 3.26. The van der Waals surface area contributed by atoms with Crippen molar-refractivity contribution < 1.29 is 17.7 Å². The van der Waals surface area contributed by atoms with Crippen LogP contribution in [0.4, 0.5) is 0 Å². The minimum absolute atomic E-state index is 0.171. The average Bonchev–Trinajstić information content (AvgIpc) is 2.47. The number of hydrogen-bond donors (Lipinski definition) is 0. The van der Waals surface area contributed by atoms with Crippen molar-refractivity contribution in [3.8, 4) is 0 Å². The predicted octanol–water partition coefficient (Wildman–Crippen LogP) is 1.04. The Morgan fingerprint density at radius 1 is 1.05 bits per heavy atom. The molecule has 4 saturated heterocycles. The van der Waals surface area contributed by atoms with E-state index in [4.69, 9.17) is 9.31 Å². The van der Waals surface area contributed by atoms with Gasteiger partial charge in [0.05, 0.1) is 11.2 Å². The number of fused-ring (bicyclic) bond motifs is 3. The van der Waals surface area contributed by atoms with E-state index in [0.29, 0.717) is 13.1 Å². The van der Waals surface area contributed by atoms with Gasteiger partial charge in [0.1, 0.15) is 5.15 Å². The van der Waals surface area contributed by atoms with Crippen LogP contribution in [0.2, 0.25) is 0 Å². The van der Waals surface area contributed by atoms with E-state index in [1.54, 1.807) is 4.31 Å². The molecular weight excluding hydrogens is 265 g/mol. The van der Waals surface area contributed by atoms with Gasteiger partial charge in [0.2, 0.25) is 10.0 Å². The van der Waals surface area contributed by atoms with Crippen LogP contribution in [0, 0.1) is 5.92 Å². The lowest BCUT2D eigenvalue weighted by atomic mass is 9.73. The van der Waals surface area contributed by atoms with Crippen LogP contribution < -0.4 is 0 Å². The van der Waals surface area contributed by atoms with Crippen LogP contribution in [0.25, 0.3) is 0 Å². The summed E-state index contributed by atoms with van der Waals surface area (Å²) in [5.74, 6) is 0.171. The quantitative estimate of drug-likeness (QED) is 0.676. The lowest BCUT2D eigenvalue weighted by Crippen LogP contribution is -2.60. The zero-order valence-electron chi connectivity index (χ0n) is 12.0. The van der Waals surface area contributed by atoms with Gasteiger partial charge in [-0.3, -0.25) is 0 Å².